The molecule has 1 aliphatic rings. The van der Waals surface area contributed by atoms with Crippen molar-refractivity contribution in [3.8, 4) is 0 Å². The molecule has 0 spiro atoms. The first-order valence-corrected chi connectivity index (χ1v) is 6.15. The van der Waals surface area contributed by atoms with Crippen LogP contribution in [0.2, 0.25) is 0 Å². The van der Waals surface area contributed by atoms with Crippen molar-refractivity contribution in [1.29, 1.82) is 0 Å². The van der Waals surface area contributed by atoms with E-state index in [9.17, 15) is 9.59 Å². The average Bonchev–Trinajstić information content (AvgIpc) is 2.31. The molecule has 6 nitrogen and oxygen atoms in total. The first kappa shape index (κ1) is 14.7. The van der Waals surface area contributed by atoms with Gasteiger partial charge in [-0.25, -0.2) is 4.79 Å². The van der Waals surface area contributed by atoms with E-state index in [2.05, 4.69) is 22.2 Å². The Morgan fingerprint density at radius 2 is 1.94 bits per heavy atom. The van der Waals surface area contributed by atoms with Gasteiger partial charge in [0.05, 0.1) is 0 Å². The molecule has 0 aliphatic carbocycles. The summed E-state index contributed by atoms with van der Waals surface area (Å²) in [6.45, 7) is 5.66. The molecular formula is C12H21N3O3. The molecule has 102 valence electrons. The van der Waals surface area contributed by atoms with Gasteiger partial charge in [0.15, 0.2) is 0 Å². The Labute approximate surface area is 107 Å². The van der Waals surface area contributed by atoms with Crippen LogP contribution in [0.5, 0.6) is 0 Å². The summed E-state index contributed by atoms with van der Waals surface area (Å²) in [6.07, 6.45) is 2.46. The molecule has 1 fully saturated rings. The van der Waals surface area contributed by atoms with E-state index in [1.165, 1.54) is 6.08 Å². The van der Waals surface area contributed by atoms with Crippen LogP contribution < -0.4 is 5.32 Å². The van der Waals surface area contributed by atoms with E-state index < -0.39 is 5.97 Å². The van der Waals surface area contributed by atoms with Crippen molar-refractivity contribution in [3.05, 3.63) is 12.2 Å². The number of nitrogens with zero attached hydrogens (tertiary/aromatic N) is 2. The van der Waals surface area contributed by atoms with Gasteiger partial charge in [-0.2, -0.15) is 0 Å². The molecule has 1 heterocycles. The lowest BCUT2D eigenvalue weighted by molar-refractivity contribution is -0.131. The number of amides is 1. The number of rotatable bonds is 6. The number of likely N-dealkylation sites (N-methyl/N-ethyl adjacent to an activating group) is 1. The van der Waals surface area contributed by atoms with Gasteiger partial charge in [0.25, 0.3) is 0 Å². The number of carbonyl (C=O) groups excluding carboxylic acids is 1. The number of carboxylic acid groups (broad SMARTS) is 1. The molecule has 0 radical (unpaired) electrons. The molecule has 1 rings (SSSR count). The SMILES string of the molecule is CN1CCN(CCNC(=O)C/C=C/C(=O)O)CC1. The van der Waals surface area contributed by atoms with Gasteiger partial charge in [0.1, 0.15) is 0 Å². The molecule has 0 aromatic rings. The lowest BCUT2D eigenvalue weighted by Crippen LogP contribution is -2.46. The van der Waals surface area contributed by atoms with Gasteiger partial charge < -0.3 is 15.3 Å². The smallest absolute Gasteiger partial charge is 0.327 e. The fourth-order valence-electron chi connectivity index (χ4n) is 1.76. The first-order valence-electron chi connectivity index (χ1n) is 6.15. The van der Waals surface area contributed by atoms with Gasteiger partial charge in [-0.3, -0.25) is 9.69 Å². The molecule has 1 aliphatic heterocycles. The number of carboxylic acids is 1. The first-order chi connectivity index (χ1) is 8.58. The maximum absolute atomic E-state index is 11.3. The zero-order valence-electron chi connectivity index (χ0n) is 10.8. The molecular weight excluding hydrogens is 234 g/mol. The Hall–Kier alpha value is -1.40. The molecule has 6 heteroatoms. The van der Waals surface area contributed by atoms with Crippen molar-refractivity contribution in [1.82, 2.24) is 15.1 Å². The molecule has 0 aromatic carbocycles. The predicted molar refractivity (Wildman–Crippen MR) is 68.3 cm³/mol. The Balaban J connectivity index is 2.06. The molecule has 0 saturated carbocycles. The summed E-state index contributed by atoms with van der Waals surface area (Å²) in [5.74, 6) is -1.16. The maximum Gasteiger partial charge on any atom is 0.327 e. The van der Waals surface area contributed by atoms with Crippen molar-refractivity contribution in [2.75, 3.05) is 46.3 Å². The highest BCUT2D eigenvalue weighted by molar-refractivity contribution is 5.82. The van der Waals surface area contributed by atoms with Crippen LogP contribution in [-0.2, 0) is 9.59 Å². The number of aliphatic carboxylic acids is 1. The number of piperazine rings is 1. The lowest BCUT2D eigenvalue weighted by atomic mass is 10.3. The largest absolute Gasteiger partial charge is 0.478 e. The van der Waals surface area contributed by atoms with Crippen LogP contribution in [0.15, 0.2) is 12.2 Å². The second-order valence-electron chi connectivity index (χ2n) is 4.44. The van der Waals surface area contributed by atoms with E-state index in [-0.39, 0.29) is 12.3 Å². The summed E-state index contributed by atoms with van der Waals surface area (Å²) in [6, 6.07) is 0. The fourth-order valence-corrected chi connectivity index (χ4v) is 1.76. The summed E-state index contributed by atoms with van der Waals surface area (Å²) in [4.78, 5) is 26.1. The van der Waals surface area contributed by atoms with Crippen molar-refractivity contribution in [2.24, 2.45) is 0 Å². The van der Waals surface area contributed by atoms with Crippen LogP contribution in [0, 0.1) is 0 Å². The third-order valence-corrected chi connectivity index (χ3v) is 2.91. The quantitative estimate of drug-likeness (QED) is 0.619. The van der Waals surface area contributed by atoms with E-state index >= 15 is 0 Å². The van der Waals surface area contributed by atoms with E-state index in [0.29, 0.717) is 6.54 Å². The monoisotopic (exact) mass is 255 g/mol. The summed E-state index contributed by atoms with van der Waals surface area (Å²) in [7, 11) is 2.11. The van der Waals surface area contributed by atoms with Gasteiger partial charge in [-0.1, -0.05) is 6.08 Å². The second kappa shape index (κ2) is 7.84. The molecule has 0 atom stereocenters. The number of hydrogen-bond acceptors (Lipinski definition) is 4. The van der Waals surface area contributed by atoms with Crippen molar-refractivity contribution < 1.29 is 14.7 Å². The van der Waals surface area contributed by atoms with Crippen LogP contribution in [0.3, 0.4) is 0 Å². The standard InChI is InChI=1S/C12H21N3O3/c1-14-7-9-15(10-8-14)6-5-13-11(16)3-2-4-12(17)18/h2,4H,3,5-10H2,1H3,(H,13,16)(H,17,18)/b4-2+. The summed E-state index contributed by atoms with van der Waals surface area (Å²) in [5, 5.41) is 11.1. The molecule has 2 N–H and O–H groups in total. The third-order valence-electron chi connectivity index (χ3n) is 2.91. The summed E-state index contributed by atoms with van der Waals surface area (Å²) >= 11 is 0. The van der Waals surface area contributed by atoms with E-state index in [1.54, 1.807) is 0 Å². The highest BCUT2D eigenvalue weighted by atomic mass is 16.4. The second-order valence-corrected chi connectivity index (χ2v) is 4.44. The predicted octanol–water partition coefficient (Wildman–Crippen LogP) is -0.619. The number of hydrogen-bond donors (Lipinski definition) is 2. The number of nitrogens with one attached hydrogen (secondary N) is 1. The Morgan fingerprint density at radius 1 is 1.28 bits per heavy atom. The molecule has 0 unspecified atom stereocenters. The maximum atomic E-state index is 11.3. The summed E-state index contributed by atoms with van der Waals surface area (Å²) in [5.41, 5.74) is 0. The zero-order chi connectivity index (χ0) is 13.4. The third kappa shape index (κ3) is 6.36. The van der Waals surface area contributed by atoms with Crippen LogP contribution in [0.1, 0.15) is 6.42 Å². The van der Waals surface area contributed by atoms with Crippen molar-refractivity contribution in [2.45, 2.75) is 6.42 Å². The minimum atomic E-state index is -1.03. The van der Waals surface area contributed by atoms with Crippen LogP contribution >= 0.6 is 0 Å². The van der Waals surface area contributed by atoms with Crippen molar-refractivity contribution >= 4 is 11.9 Å². The highest BCUT2D eigenvalue weighted by Crippen LogP contribution is 1.97. The van der Waals surface area contributed by atoms with Gasteiger partial charge in [-0.05, 0) is 7.05 Å². The van der Waals surface area contributed by atoms with Gasteiger partial charge in [-0.15, -0.1) is 0 Å². The number of carbonyl (C=O) groups is 2. The van der Waals surface area contributed by atoms with Crippen LogP contribution in [-0.4, -0.2) is 73.1 Å². The zero-order valence-corrected chi connectivity index (χ0v) is 10.8. The Bertz CT molecular complexity index is 310. The average molecular weight is 255 g/mol. The molecule has 1 amide bonds. The minimum absolute atomic E-state index is 0.120. The topological polar surface area (TPSA) is 72.9 Å². The van der Waals surface area contributed by atoms with Gasteiger partial charge >= 0.3 is 5.97 Å². The van der Waals surface area contributed by atoms with Gasteiger partial charge in [0, 0.05) is 51.8 Å². The van der Waals surface area contributed by atoms with Crippen LogP contribution in [0.25, 0.3) is 0 Å². The molecule has 0 bridgehead atoms. The van der Waals surface area contributed by atoms with Crippen molar-refractivity contribution in [3.63, 3.8) is 0 Å². The van der Waals surface area contributed by atoms with E-state index in [0.717, 1.165) is 38.8 Å². The highest BCUT2D eigenvalue weighted by Gasteiger charge is 2.12. The minimum Gasteiger partial charge on any atom is -0.478 e. The van der Waals surface area contributed by atoms with E-state index in [4.69, 9.17) is 5.11 Å². The normalized spacial score (nSPS) is 18.1. The lowest BCUT2D eigenvalue weighted by Gasteiger charge is -2.32. The summed E-state index contributed by atoms with van der Waals surface area (Å²) < 4.78 is 0. The molecule has 1 saturated heterocycles. The Morgan fingerprint density at radius 3 is 2.56 bits per heavy atom. The molecule has 0 aromatic heterocycles. The molecule has 18 heavy (non-hydrogen) atoms. The van der Waals surface area contributed by atoms with E-state index in [1.807, 2.05) is 0 Å². The van der Waals surface area contributed by atoms with Crippen LogP contribution in [0.4, 0.5) is 0 Å². The Kier molecular flexibility index (Phi) is 6.38. The van der Waals surface area contributed by atoms with Gasteiger partial charge in [0.2, 0.25) is 5.91 Å². The fraction of sp³-hybridized carbons (Fsp3) is 0.667.